The lowest BCUT2D eigenvalue weighted by Crippen LogP contribution is -2.21. The second-order valence-corrected chi connectivity index (χ2v) is 6.24. The molecule has 25 heavy (non-hydrogen) atoms. The molecular formula is C18H21NO5S. The van der Waals surface area contributed by atoms with E-state index in [4.69, 9.17) is 14.2 Å². The fourth-order valence-corrected chi connectivity index (χ4v) is 2.92. The molecule has 0 saturated heterocycles. The number of carbonyl (C=O) groups excluding carboxylic acids is 2. The van der Waals surface area contributed by atoms with Gasteiger partial charge in [0.15, 0.2) is 6.61 Å². The lowest BCUT2D eigenvalue weighted by Gasteiger charge is -2.11. The van der Waals surface area contributed by atoms with Crippen LogP contribution in [0.3, 0.4) is 0 Å². The molecule has 2 rings (SSSR count). The highest BCUT2D eigenvalue weighted by atomic mass is 32.1. The Morgan fingerprint density at radius 1 is 1.16 bits per heavy atom. The number of thiophene rings is 1. The first kappa shape index (κ1) is 18.8. The zero-order valence-electron chi connectivity index (χ0n) is 14.2. The molecule has 1 aromatic carbocycles. The monoisotopic (exact) mass is 363 g/mol. The number of nitrogens with one attached hydrogen (secondary N) is 1. The van der Waals surface area contributed by atoms with Crippen molar-refractivity contribution < 1.29 is 23.8 Å². The molecule has 0 aliphatic heterocycles. The van der Waals surface area contributed by atoms with E-state index >= 15 is 0 Å². The number of ether oxygens (including phenoxy) is 3. The highest BCUT2D eigenvalue weighted by Gasteiger charge is 2.11. The standard InChI is InChI=1S/C18H21NO5S/c1-22-13-8-9-15(16(11-13)23-2)19-17(20)12-24-18(21)7-3-5-14-6-4-10-25-14/h4,6,8-11H,3,5,7,12H2,1-2H3,(H,19,20). The van der Waals surface area contributed by atoms with Crippen LogP contribution in [-0.2, 0) is 20.7 Å². The second kappa shape index (κ2) is 9.68. The molecule has 6 nitrogen and oxygen atoms in total. The van der Waals surface area contributed by atoms with Crippen LogP contribution in [0.5, 0.6) is 11.5 Å². The number of methoxy groups -OCH3 is 2. The van der Waals surface area contributed by atoms with Gasteiger partial charge in [-0.05, 0) is 36.4 Å². The maximum absolute atomic E-state index is 11.9. The van der Waals surface area contributed by atoms with Crippen LogP contribution >= 0.6 is 11.3 Å². The Bertz CT molecular complexity index is 699. The second-order valence-electron chi connectivity index (χ2n) is 5.21. The lowest BCUT2D eigenvalue weighted by atomic mass is 10.2. The molecule has 0 aliphatic rings. The molecule has 0 radical (unpaired) electrons. The summed E-state index contributed by atoms with van der Waals surface area (Å²) in [6.07, 6.45) is 1.83. The molecule has 2 aromatic rings. The minimum atomic E-state index is -0.421. The first-order valence-electron chi connectivity index (χ1n) is 7.82. The summed E-state index contributed by atoms with van der Waals surface area (Å²) >= 11 is 1.66. The summed E-state index contributed by atoms with van der Waals surface area (Å²) in [5, 5.41) is 4.66. The van der Waals surface area contributed by atoms with Crippen LogP contribution in [-0.4, -0.2) is 32.7 Å². The average molecular weight is 363 g/mol. The summed E-state index contributed by atoms with van der Waals surface area (Å²) in [5.41, 5.74) is 0.488. The van der Waals surface area contributed by atoms with Gasteiger partial charge in [-0.1, -0.05) is 6.07 Å². The topological polar surface area (TPSA) is 73.9 Å². The maximum atomic E-state index is 11.9. The summed E-state index contributed by atoms with van der Waals surface area (Å²) in [6.45, 7) is -0.326. The zero-order chi connectivity index (χ0) is 18.1. The van der Waals surface area contributed by atoms with Crippen molar-refractivity contribution >= 4 is 28.9 Å². The molecule has 0 fully saturated rings. The molecule has 7 heteroatoms. The summed E-state index contributed by atoms with van der Waals surface area (Å²) in [7, 11) is 3.04. The fourth-order valence-electron chi connectivity index (χ4n) is 2.17. The summed E-state index contributed by atoms with van der Waals surface area (Å²) in [5.74, 6) is 0.283. The number of hydrogen-bond donors (Lipinski definition) is 1. The Labute approximate surface area is 150 Å². The average Bonchev–Trinajstić information content (AvgIpc) is 3.13. The van der Waals surface area contributed by atoms with Crippen LogP contribution in [0.15, 0.2) is 35.7 Å². The normalized spacial score (nSPS) is 10.2. The van der Waals surface area contributed by atoms with Gasteiger partial charge in [0.25, 0.3) is 5.91 Å². The lowest BCUT2D eigenvalue weighted by molar-refractivity contribution is -0.147. The van der Waals surface area contributed by atoms with E-state index in [1.165, 1.54) is 12.0 Å². The van der Waals surface area contributed by atoms with Crippen molar-refractivity contribution in [3.05, 3.63) is 40.6 Å². The number of benzene rings is 1. The zero-order valence-corrected chi connectivity index (χ0v) is 15.1. The van der Waals surface area contributed by atoms with Crippen molar-refractivity contribution in [2.24, 2.45) is 0 Å². The molecule has 0 unspecified atom stereocenters. The molecule has 134 valence electrons. The molecule has 0 aliphatic carbocycles. The van der Waals surface area contributed by atoms with E-state index in [0.29, 0.717) is 23.6 Å². The molecule has 0 atom stereocenters. The van der Waals surface area contributed by atoms with Crippen molar-refractivity contribution in [2.75, 3.05) is 26.1 Å². The minimum Gasteiger partial charge on any atom is -0.497 e. The van der Waals surface area contributed by atoms with E-state index in [2.05, 4.69) is 5.32 Å². The fraction of sp³-hybridized carbons (Fsp3) is 0.333. The van der Waals surface area contributed by atoms with Crippen molar-refractivity contribution in [3.8, 4) is 11.5 Å². The molecule has 0 saturated carbocycles. The summed E-state index contributed by atoms with van der Waals surface area (Å²) in [4.78, 5) is 24.9. The number of aryl methyl sites for hydroxylation is 1. The Morgan fingerprint density at radius 2 is 2.00 bits per heavy atom. The van der Waals surface area contributed by atoms with Gasteiger partial charge >= 0.3 is 5.97 Å². The van der Waals surface area contributed by atoms with Gasteiger partial charge in [0, 0.05) is 17.4 Å². The van der Waals surface area contributed by atoms with Gasteiger partial charge < -0.3 is 19.5 Å². The van der Waals surface area contributed by atoms with E-state index in [1.54, 1.807) is 36.6 Å². The van der Waals surface area contributed by atoms with Gasteiger partial charge in [0.05, 0.1) is 19.9 Å². The number of anilines is 1. The first-order chi connectivity index (χ1) is 12.1. The number of amides is 1. The third-order valence-electron chi connectivity index (χ3n) is 3.43. The van der Waals surface area contributed by atoms with Crippen LogP contribution in [0, 0.1) is 0 Å². The summed E-state index contributed by atoms with van der Waals surface area (Å²) in [6, 6.07) is 9.04. The van der Waals surface area contributed by atoms with Crippen molar-refractivity contribution in [3.63, 3.8) is 0 Å². The van der Waals surface area contributed by atoms with Gasteiger partial charge in [-0.3, -0.25) is 9.59 Å². The number of rotatable bonds is 9. The van der Waals surface area contributed by atoms with E-state index < -0.39 is 5.91 Å². The highest BCUT2D eigenvalue weighted by molar-refractivity contribution is 7.09. The van der Waals surface area contributed by atoms with E-state index in [1.807, 2.05) is 17.5 Å². The quantitative estimate of drug-likeness (QED) is 0.692. The SMILES string of the molecule is COc1ccc(NC(=O)COC(=O)CCCc2cccs2)c(OC)c1. The molecular weight excluding hydrogens is 342 g/mol. The Morgan fingerprint density at radius 3 is 2.68 bits per heavy atom. The molecule has 1 N–H and O–H groups in total. The van der Waals surface area contributed by atoms with Gasteiger partial charge in [0.1, 0.15) is 11.5 Å². The number of esters is 1. The molecule has 0 bridgehead atoms. The van der Waals surface area contributed by atoms with Crippen LogP contribution in [0.25, 0.3) is 0 Å². The van der Waals surface area contributed by atoms with Crippen molar-refractivity contribution in [1.82, 2.24) is 0 Å². The van der Waals surface area contributed by atoms with Crippen LogP contribution in [0.4, 0.5) is 5.69 Å². The Balaban J connectivity index is 1.73. The minimum absolute atomic E-state index is 0.289. The smallest absolute Gasteiger partial charge is 0.306 e. The van der Waals surface area contributed by atoms with Crippen molar-refractivity contribution in [1.29, 1.82) is 0 Å². The number of hydrogen-bond acceptors (Lipinski definition) is 6. The van der Waals surface area contributed by atoms with Crippen LogP contribution in [0.2, 0.25) is 0 Å². The summed E-state index contributed by atoms with van der Waals surface area (Å²) < 4.78 is 15.3. The van der Waals surface area contributed by atoms with Crippen LogP contribution in [0.1, 0.15) is 17.7 Å². The van der Waals surface area contributed by atoms with E-state index in [-0.39, 0.29) is 19.0 Å². The first-order valence-corrected chi connectivity index (χ1v) is 8.70. The van der Waals surface area contributed by atoms with Gasteiger partial charge in [-0.15, -0.1) is 11.3 Å². The van der Waals surface area contributed by atoms with Crippen LogP contribution < -0.4 is 14.8 Å². The highest BCUT2D eigenvalue weighted by Crippen LogP contribution is 2.28. The Hall–Kier alpha value is -2.54. The van der Waals surface area contributed by atoms with E-state index in [9.17, 15) is 9.59 Å². The van der Waals surface area contributed by atoms with Gasteiger partial charge in [-0.25, -0.2) is 0 Å². The third kappa shape index (κ3) is 6.11. The maximum Gasteiger partial charge on any atom is 0.306 e. The van der Waals surface area contributed by atoms with Gasteiger partial charge in [0.2, 0.25) is 0 Å². The number of carbonyl (C=O) groups is 2. The largest absolute Gasteiger partial charge is 0.497 e. The predicted molar refractivity (Wildman–Crippen MR) is 96.4 cm³/mol. The van der Waals surface area contributed by atoms with Crippen molar-refractivity contribution in [2.45, 2.75) is 19.3 Å². The van der Waals surface area contributed by atoms with E-state index in [0.717, 1.165) is 6.42 Å². The molecule has 0 spiro atoms. The van der Waals surface area contributed by atoms with Gasteiger partial charge in [-0.2, -0.15) is 0 Å². The molecule has 1 amide bonds. The molecule has 1 aromatic heterocycles. The Kier molecular flexibility index (Phi) is 7.28. The third-order valence-corrected chi connectivity index (χ3v) is 4.37. The predicted octanol–water partition coefficient (Wildman–Crippen LogP) is 3.27. The molecule has 1 heterocycles.